The molecule has 0 aliphatic carbocycles. The van der Waals surface area contributed by atoms with Crippen molar-refractivity contribution in [3.8, 4) is 0 Å². The van der Waals surface area contributed by atoms with Gasteiger partial charge >= 0.3 is 0 Å². The van der Waals surface area contributed by atoms with E-state index in [0.29, 0.717) is 0 Å². The number of aromatic nitrogens is 4. The summed E-state index contributed by atoms with van der Waals surface area (Å²) in [6.45, 7) is 4.77. The maximum atomic E-state index is 4.47. The van der Waals surface area contributed by atoms with Crippen LogP contribution in [0.3, 0.4) is 0 Å². The predicted molar refractivity (Wildman–Crippen MR) is 74.2 cm³/mol. The van der Waals surface area contributed by atoms with E-state index in [9.17, 15) is 0 Å². The molecule has 0 saturated heterocycles. The summed E-state index contributed by atoms with van der Waals surface area (Å²) in [7, 11) is 1.98. The number of nitrogens with zero attached hydrogens (tertiary/aromatic N) is 4. The lowest BCUT2D eigenvalue weighted by atomic mass is 10.3. The van der Waals surface area contributed by atoms with Gasteiger partial charge in [-0.15, -0.1) is 0 Å². The minimum Gasteiger partial charge on any atom is -0.336 e. The molecule has 1 N–H and O–H groups in total. The SMILES string of the molecule is CCc1nn(C)c(CNCCn2ccnc2)c1Br. The summed E-state index contributed by atoms with van der Waals surface area (Å²) in [5.74, 6) is 0. The summed E-state index contributed by atoms with van der Waals surface area (Å²) in [5, 5.41) is 7.89. The van der Waals surface area contributed by atoms with E-state index in [1.165, 1.54) is 5.69 Å². The molecular formula is C12H18BrN5. The Morgan fingerprint density at radius 3 is 2.89 bits per heavy atom. The topological polar surface area (TPSA) is 47.7 Å². The van der Waals surface area contributed by atoms with Gasteiger partial charge in [-0.1, -0.05) is 6.92 Å². The first-order chi connectivity index (χ1) is 8.72. The van der Waals surface area contributed by atoms with Crippen LogP contribution in [0, 0.1) is 0 Å². The van der Waals surface area contributed by atoms with E-state index in [0.717, 1.165) is 36.2 Å². The molecule has 98 valence electrons. The molecule has 2 aromatic rings. The standard InChI is InChI=1S/C12H18BrN5/c1-3-10-12(13)11(17(2)16-10)8-14-4-6-18-7-5-15-9-18/h5,7,9,14H,3-4,6,8H2,1-2H3. The number of nitrogens with one attached hydrogen (secondary N) is 1. The minimum absolute atomic E-state index is 0.818. The van der Waals surface area contributed by atoms with Crippen molar-refractivity contribution >= 4 is 15.9 Å². The molecule has 2 aromatic heterocycles. The zero-order valence-electron chi connectivity index (χ0n) is 10.7. The fourth-order valence-electron chi connectivity index (χ4n) is 1.85. The molecule has 0 aromatic carbocycles. The highest BCUT2D eigenvalue weighted by Gasteiger charge is 2.11. The lowest BCUT2D eigenvalue weighted by Crippen LogP contribution is -2.20. The number of rotatable bonds is 6. The van der Waals surface area contributed by atoms with Gasteiger partial charge in [-0.05, 0) is 22.4 Å². The van der Waals surface area contributed by atoms with Crippen LogP contribution < -0.4 is 5.32 Å². The number of hydrogen-bond acceptors (Lipinski definition) is 3. The number of aryl methyl sites for hydroxylation is 2. The summed E-state index contributed by atoms with van der Waals surface area (Å²) in [5.41, 5.74) is 2.31. The quantitative estimate of drug-likeness (QED) is 0.827. The number of imidazole rings is 1. The van der Waals surface area contributed by atoms with Gasteiger partial charge in [-0.3, -0.25) is 4.68 Å². The molecule has 0 saturated carbocycles. The zero-order valence-corrected chi connectivity index (χ0v) is 12.3. The highest BCUT2D eigenvalue weighted by Crippen LogP contribution is 2.21. The highest BCUT2D eigenvalue weighted by atomic mass is 79.9. The summed E-state index contributed by atoms with van der Waals surface area (Å²) in [4.78, 5) is 4.02. The second-order valence-electron chi connectivity index (χ2n) is 4.16. The maximum Gasteiger partial charge on any atom is 0.0946 e. The molecule has 0 aliphatic heterocycles. The van der Waals surface area contributed by atoms with Gasteiger partial charge in [-0.25, -0.2) is 4.98 Å². The van der Waals surface area contributed by atoms with Crippen molar-refractivity contribution in [1.82, 2.24) is 24.6 Å². The van der Waals surface area contributed by atoms with Crippen LogP contribution in [0.1, 0.15) is 18.3 Å². The Morgan fingerprint density at radius 1 is 1.44 bits per heavy atom. The second kappa shape index (κ2) is 6.15. The highest BCUT2D eigenvalue weighted by molar-refractivity contribution is 9.10. The van der Waals surface area contributed by atoms with Gasteiger partial charge in [0.05, 0.1) is 22.2 Å². The largest absolute Gasteiger partial charge is 0.336 e. The van der Waals surface area contributed by atoms with Gasteiger partial charge in [0.1, 0.15) is 0 Å². The van der Waals surface area contributed by atoms with Crippen molar-refractivity contribution in [2.45, 2.75) is 26.4 Å². The molecule has 18 heavy (non-hydrogen) atoms. The minimum atomic E-state index is 0.818. The van der Waals surface area contributed by atoms with E-state index >= 15 is 0 Å². The van der Waals surface area contributed by atoms with Crippen molar-refractivity contribution in [3.05, 3.63) is 34.6 Å². The summed E-state index contributed by atoms with van der Waals surface area (Å²) in [6.07, 6.45) is 6.54. The Morgan fingerprint density at radius 2 is 2.28 bits per heavy atom. The molecule has 0 amide bonds. The first kappa shape index (κ1) is 13.3. The van der Waals surface area contributed by atoms with Crippen LogP contribution in [0.2, 0.25) is 0 Å². The molecule has 2 heterocycles. The normalized spacial score (nSPS) is 11.1. The third kappa shape index (κ3) is 3.00. The third-order valence-electron chi connectivity index (χ3n) is 2.90. The molecular weight excluding hydrogens is 294 g/mol. The van der Waals surface area contributed by atoms with Gasteiger partial charge in [0, 0.05) is 39.1 Å². The van der Waals surface area contributed by atoms with E-state index < -0.39 is 0 Å². The van der Waals surface area contributed by atoms with Crippen molar-refractivity contribution in [2.75, 3.05) is 6.54 Å². The summed E-state index contributed by atoms with van der Waals surface area (Å²) < 4.78 is 5.12. The zero-order chi connectivity index (χ0) is 13.0. The molecule has 0 atom stereocenters. The second-order valence-corrected chi connectivity index (χ2v) is 4.95. The smallest absolute Gasteiger partial charge is 0.0946 e. The Labute approximate surface area is 115 Å². The van der Waals surface area contributed by atoms with Gasteiger partial charge < -0.3 is 9.88 Å². The molecule has 0 bridgehead atoms. The summed E-state index contributed by atoms with van der Waals surface area (Å²) in [6, 6.07) is 0. The fourth-order valence-corrected chi connectivity index (χ4v) is 2.60. The van der Waals surface area contributed by atoms with Crippen LogP contribution in [-0.4, -0.2) is 25.9 Å². The molecule has 2 rings (SSSR count). The Bertz CT molecular complexity index is 489. The first-order valence-electron chi connectivity index (χ1n) is 6.09. The van der Waals surface area contributed by atoms with Crippen molar-refractivity contribution in [2.24, 2.45) is 7.05 Å². The molecule has 0 spiro atoms. The average Bonchev–Trinajstić information content (AvgIpc) is 2.96. The third-order valence-corrected chi connectivity index (χ3v) is 3.82. The van der Waals surface area contributed by atoms with Crippen LogP contribution in [0.5, 0.6) is 0 Å². The average molecular weight is 312 g/mol. The van der Waals surface area contributed by atoms with E-state index in [2.05, 4.69) is 42.8 Å². The molecule has 0 fully saturated rings. The van der Waals surface area contributed by atoms with E-state index in [4.69, 9.17) is 0 Å². The number of hydrogen-bond donors (Lipinski definition) is 1. The monoisotopic (exact) mass is 311 g/mol. The van der Waals surface area contributed by atoms with E-state index in [1.807, 2.05) is 24.3 Å². The molecule has 0 aliphatic rings. The number of halogens is 1. The van der Waals surface area contributed by atoms with E-state index in [-0.39, 0.29) is 0 Å². The lowest BCUT2D eigenvalue weighted by molar-refractivity contribution is 0.572. The van der Waals surface area contributed by atoms with Crippen molar-refractivity contribution in [1.29, 1.82) is 0 Å². The summed E-state index contributed by atoms with van der Waals surface area (Å²) >= 11 is 3.61. The molecule has 5 nitrogen and oxygen atoms in total. The van der Waals surface area contributed by atoms with Gasteiger partial charge in [0.25, 0.3) is 0 Å². The van der Waals surface area contributed by atoms with Gasteiger partial charge in [-0.2, -0.15) is 5.10 Å². The van der Waals surface area contributed by atoms with Crippen LogP contribution in [0.4, 0.5) is 0 Å². The molecule has 6 heteroatoms. The van der Waals surface area contributed by atoms with Crippen LogP contribution >= 0.6 is 15.9 Å². The van der Waals surface area contributed by atoms with Crippen molar-refractivity contribution < 1.29 is 0 Å². The van der Waals surface area contributed by atoms with E-state index in [1.54, 1.807) is 6.20 Å². The van der Waals surface area contributed by atoms with Gasteiger partial charge in [0.15, 0.2) is 0 Å². The Kier molecular flexibility index (Phi) is 4.54. The Balaban J connectivity index is 1.85. The molecule has 0 unspecified atom stereocenters. The van der Waals surface area contributed by atoms with Crippen LogP contribution in [0.25, 0.3) is 0 Å². The first-order valence-corrected chi connectivity index (χ1v) is 6.88. The van der Waals surface area contributed by atoms with Crippen molar-refractivity contribution in [3.63, 3.8) is 0 Å². The Hall–Kier alpha value is -1.14. The maximum absolute atomic E-state index is 4.47. The molecule has 0 radical (unpaired) electrons. The lowest BCUT2D eigenvalue weighted by Gasteiger charge is -2.06. The predicted octanol–water partition coefficient (Wildman–Crippen LogP) is 1.73. The van der Waals surface area contributed by atoms with Crippen LogP contribution in [0.15, 0.2) is 23.2 Å². The van der Waals surface area contributed by atoms with Crippen LogP contribution in [-0.2, 0) is 26.6 Å². The van der Waals surface area contributed by atoms with Gasteiger partial charge in [0.2, 0.25) is 0 Å². The fraction of sp³-hybridized carbons (Fsp3) is 0.500.